The summed E-state index contributed by atoms with van der Waals surface area (Å²) in [5.74, 6) is 0.220. The Morgan fingerprint density at radius 3 is 2.32 bits per heavy atom. The predicted molar refractivity (Wildman–Crippen MR) is 89.1 cm³/mol. The summed E-state index contributed by atoms with van der Waals surface area (Å²) in [6.45, 7) is 8.11. The molecule has 2 N–H and O–H groups in total. The van der Waals surface area contributed by atoms with E-state index in [9.17, 15) is 4.79 Å². The molecule has 22 heavy (non-hydrogen) atoms. The van der Waals surface area contributed by atoms with E-state index in [0.29, 0.717) is 11.2 Å². The van der Waals surface area contributed by atoms with Gasteiger partial charge in [-0.15, -0.1) is 0 Å². The molecule has 1 unspecified atom stereocenters. The Bertz CT molecular complexity index is 889. The Balaban J connectivity index is 2.50. The first-order valence-corrected chi connectivity index (χ1v) is 7.69. The lowest BCUT2D eigenvalue weighted by Crippen LogP contribution is -2.27. The lowest BCUT2D eigenvalue weighted by Gasteiger charge is -2.17. The maximum atomic E-state index is 13.0. The smallest absolute Gasteiger partial charge is 0.277 e. The third kappa shape index (κ3) is 2.04. The Labute approximate surface area is 129 Å². The van der Waals surface area contributed by atoms with Crippen molar-refractivity contribution in [1.82, 2.24) is 14.0 Å². The molecule has 1 atom stereocenters. The molecule has 0 aliphatic rings. The van der Waals surface area contributed by atoms with E-state index in [1.165, 1.54) is 0 Å². The van der Waals surface area contributed by atoms with Gasteiger partial charge in [-0.25, -0.2) is 4.98 Å². The molecule has 1 aromatic carbocycles. The molecule has 0 amide bonds. The quantitative estimate of drug-likeness (QED) is 0.808. The summed E-state index contributed by atoms with van der Waals surface area (Å²) in [5, 5.41) is 0. The van der Waals surface area contributed by atoms with E-state index in [0.717, 1.165) is 11.0 Å². The second-order valence-corrected chi connectivity index (χ2v) is 6.38. The fraction of sp³-hybridized carbons (Fsp3) is 0.412. The van der Waals surface area contributed by atoms with Crippen LogP contribution in [0.5, 0.6) is 0 Å². The summed E-state index contributed by atoms with van der Waals surface area (Å²) in [6.07, 6.45) is 1.71. The zero-order valence-corrected chi connectivity index (χ0v) is 13.4. The second-order valence-electron chi connectivity index (χ2n) is 6.38. The summed E-state index contributed by atoms with van der Waals surface area (Å²) >= 11 is 0. The molecule has 2 heterocycles. The Hall–Kier alpha value is -2.14. The third-order valence-corrected chi connectivity index (χ3v) is 4.17. The first-order valence-electron chi connectivity index (χ1n) is 7.69. The predicted octanol–water partition coefficient (Wildman–Crippen LogP) is 2.89. The molecule has 0 spiro atoms. The average molecular weight is 298 g/mol. The Morgan fingerprint density at radius 1 is 1.09 bits per heavy atom. The van der Waals surface area contributed by atoms with Crippen molar-refractivity contribution in [2.24, 2.45) is 11.7 Å². The molecule has 5 heteroatoms. The van der Waals surface area contributed by atoms with Gasteiger partial charge in [-0.3, -0.25) is 9.20 Å². The van der Waals surface area contributed by atoms with Gasteiger partial charge in [0.2, 0.25) is 0 Å². The Morgan fingerprint density at radius 2 is 1.73 bits per heavy atom. The van der Waals surface area contributed by atoms with Crippen molar-refractivity contribution in [2.45, 2.75) is 39.8 Å². The van der Waals surface area contributed by atoms with Gasteiger partial charge in [0, 0.05) is 6.04 Å². The van der Waals surface area contributed by atoms with E-state index in [4.69, 9.17) is 5.73 Å². The second kappa shape index (κ2) is 5.25. The van der Waals surface area contributed by atoms with E-state index in [2.05, 4.69) is 4.98 Å². The van der Waals surface area contributed by atoms with Crippen LogP contribution < -0.4 is 11.3 Å². The number of aromatic nitrogens is 3. The molecule has 2 aromatic heterocycles. The number of imidazole rings is 1. The number of hydrogen-bond donors (Lipinski definition) is 1. The van der Waals surface area contributed by atoms with Crippen molar-refractivity contribution < 1.29 is 0 Å². The molecule has 0 bridgehead atoms. The average Bonchev–Trinajstić information content (AvgIpc) is 2.91. The lowest BCUT2D eigenvalue weighted by atomic mass is 10.0. The summed E-state index contributed by atoms with van der Waals surface area (Å²) < 4.78 is 3.69. The van der Waals surface area contributed by atoms with Crippen molar-refractivity contribution in [3.05, 3.63) is 46.6 Å². The van der Waals surface area contributed by atoms with Crippen LogP contribution in [0.3, 0.4) is 0 Å². The van der Waals surface area contributed by atoms with Crippen LogP contribution in [0.25, 0.3) is 16.6 Å². The van der Waals surface area contributed by atoms with E-state index >= 15 is 0 Å². The number of nitrogens with two attached hydrogens (primary N) is 1. The van der Waals surface area contributed by atoms with Crippen LogP contribution in [0.2, 0.25) is 0 Å². The molecule has 3 aromatic rings. The topological polar surface area (TPSA) is 65.3 Å². The zero-order valence-electron chi connectivity index (χ0n) is 13.4. The van der Waals surface area contributed by atoms with Crippen molar-refractivity contribution in [1.29, 1.82) is 0 Å². The molecule has 0 saturated heterocycles. The molecular formula is C17H22N4O. The Kier molecular flexibility index (Phi) is 3.53. The molecule has 0 radical (unpaired) electrons. The fourth-order valence-corrected chi connectivity index (χ4v) is 2.92. The van der Waals surface area contributed by atoms with Gasteiger partial charge in [0.05, 0.1) is 22.8 Å². The van der Waals surface area contributed by atoms with Crippen LogP contribution >= 0.6 is 0 Å². The molecule has 3 rings (SSSR count). The number of rotatable bonds is 3. The molecule has 0 fully saturated rings. The monoisotopic (exact) mass is 298 g/mol. The molecule has 116 valence electrons. The van der Waals surface area contributed by atoms with Gasteiger partial charge in [0.1, 0.15) is 11.8 Å². The van der Waals surface area contributed by atoms with Crippen molar-refractivity contribution >= 4 is 16.6 Å². The fourth-order valence-electron chi connectivity index (χ4n) is 2.92. The minimum absolute atomic E-state index is 0.0303. The van der Waals surface area contributed by atoms with Crippen molar-refractivity contribution in [3.63, 3.8) is 0 Å². The lowest BCUT2D eigenvalue weighted by molar-refractivity contribution is 0.507. The van der Waals surface area contributed by atoms with Crippen LogP contribution in [0.15, 0.2) is 35.4 Å². The van der Waals surface area contributed by atoms with Crippen molar-refractivity contribution in [3.8, 4) is 0 Å². The summed E-state index contributed by atoms with van der Waals surface area (Å²) in [5.41, 5.74) is 9.39. The van der Waals surface area contributed by atoms with E-state index < -0.39 is 0 Å². The minimum atomic E-state index is -0.250. The molecule has 0 saturated carbocycles. The number of nitrogens with zero attached hydrogens (tertiary/aromatic N) is 3. The highest BCUT2D eigenvalue weighted by molar-refractivity contribution is 5.79. The normalized spacial score (nSPS) is 13.6. The molecule has 5 nitrogen and oxygen atoms in total. The van der Waals surface area contributed by atoms with Gasteiger partial charge in [-0.05, 0) is 31.9 Å². The van der Waals surface area contributed by atoms with Crippen LogP contribution in [-0.2, 0) is 0 Å². The van der Waals surface area contributed by atoms with Gasteiger partial charge < -0.3 is 10.3 Å². The van der Waals surface area contributed by atoms with Crippen molar-refractivity contribution in [2.75, 3.05) is 0 Å². The maximum absolute atomic E-state index is 13.0. The number of fused-ring (bicyclic) bond motifs is 3. The standard InChI is InChI=1S/C17H22N4O/c1-10(2)14(18)15-16-17(22)21(11(3)4)13-8-6-5-7-12(13)20(16)9-19-15/h5-11,14H,18H2,1-4H3. The highest BCUT2D eigenvalue weighted by Gasteiger charge is 2.22. The van der Waals surface area contributed by atoms with Crippen LogP contribution in [-0.4, -0.2) is 14.0 Å². The molecular weight excluding hydrogens is 276 g/mol. The van der Waals surface area contributed by atoms with Gasteiger partial charge in [-0.1, -0.05) is 26.0 Å². The summed E-state index contributed by atoms with van der Waals surface area (Å²) in [6, 6.07) is 7.72. The SMILES string of the molecule is CC(C)C(N)c1ncn2c1c(=O)n(C(C)C)c1ccccc12. The first kappa shape index (κ1) is 14.8. The largest absolute Gasteiger partial charge is 0.322 e. The van der Waals surface area contributed by atoms with Gasteiger partial charge in [0.25, 0.3) is 5.56 Å². The van der Waals surface area contributed by atoms with E-state index in [-0.39, 0.29) is 23.6 Å². The highest BCUT2D eigenvalue weighted by Crippen LogP contribution is 2.24. The third-order valence-electron chi connectivity index (χ3n) is 4.17. The molecule has 0 aliphatic carbocycles. The van der Waals surface area contributed by atoms with Gasteiger partial charge in [0.15, 0.2) is 0 Å². The van der Waals surface area contributed by atoms with E-state index in [1.54, 1.807) is 6.33 Å². The summed E-state index contributed by atoms with van der Waals surface area (Å²) in [7, 11) is 0. The van der Waals surface area contributed by atoms with Crippen LogP contribution in [0.4, 0.5) is 0 Å². The van der Waals surface area contributed by atoms with Gasteiger partial charge >= 0.3 is 0 Å². The maximum Gasteiger partial charge on any atom is 0.277 e. The highest BCUT2D eigenvalue weighted by atomic mass is 16.1. The minimum Gasteiger partial charge on any atom is -0.322 e. The number of hydrogen-bond acceptors (Lipinski definition) is 3. The van der Waals surface area contributed by atoms with Gasteiger partial charge in [-0.2, -0.15) is 0 Å². The van der Waals surface area contributed by atoms with E-state index in [1.807, 2.05) is 60.9 Å². The number of benzene rings is 1. The zero-order chi connectivity index (χ0) is 16.0. The van der Waals surface area contributed by atoms with Crippen LogP contribution in [0.1, 0.15) is 45.5 Å². The number of para-hydroxylation sites is 2. The van der Waals surface area contributed by atoms with Crippen LogP contribution in [0, 0.1) is 5.92 Å². The molecule has 0 aliphatic heterocycles. The first-order chi connectivity index (χ1) is 10.4. The summed E-state index contributed by atoms with van der Waals surface area (Å²) in [4.78, 5) is 17.5.